The summed E-state index contributed by atoms with van der Waals surface area (Å²) in [7, 11) is 0. The van der Waals surface area contributed by atoms with Gasteiger partial charge in [0.15, 0.2) is 0 Å². The van der Waals surface area contributed by atoms with E-state index in [1.54, 1.807) is 0 Å². The van der Waals surface area contributed by atoms with E-state index in [2.05, 4.69) is 0 Å². The molecule has 0 aliphatic heterocycles. The fraction of sp³-hybridized carbons (Fsp3) is 0.200. The van der Waals surface area contributed by atoms with E-state index < -0.39 is 11.6 Å². The Balaban J connectivity index is 2.12. The number of halogens is 2. The molecule has 0 aromatic heterocycles. The van der Waals surface area contributed by atoms with Crippen molar-refractivity contribution in [2.24, 2.45) is 5.73 Å². The zero-order chi connectivity index (χ0) is 13.8. The van der Waals surface area contributed by atoms with Crippen LogP contribution in [0.2, 0.25) is 0 Å². The predicted octanol–water partition coefficient (Wildman–Crippen LogP) is 4.15. The zero-order valence-electron chi connectivity index (χ0n) is 10.5. The lowest BCUT2D eigenvalue weighted by molar-refractivity contribution is 0.576. The van der Waals surface area contributed by atoms with Gasteiger partial charge in [-0.3, -0.25) is 0 Å². The molecule has 100 valence electrons. The number of nitrogens with two attached hydrogens (primary N) is 1. The van der Waals surface area contributed by atoms with E-state index in [4.69, 9.17) is 5.73 Å². The molecule has 1 nitrogen and oxygen atoms in total. The Bertz CT molecular complexity index is 545. The van der Waals surface area contributed by atoms with Gasteiger partial charge in [0.2, 0.25) is 0 Å². The fourth-order valence-corrected chi connectivity index (χ4v) is 2.85. The molecule has 0 saturated carbocycles. The molecule has 4 heteroatoms. The molecule has 0 saturated heterocycles. The van der Waals surface area contributed by atoms with Crippen LogP contribution in [0.15, 0.2) is 53.4 Å². The topological polar surface area (TPSA) is 26.0 Å². The number of benzene rings is 2. The molecule has 2 atom stereocenters. The largest absolute Gasteiger partial charge is 0.323 e. The first-order chi connectivity index (χ1) is 9.08. The average molecular weight is 279 g/mol. The van der Waals surface area contributed by atoms with Crippen molar-refractivity contribution in [1.29, 1.82) is 0 Å². The number of hydrogen-bond donors (Lipinski definition) is 1. The van der Waals surface area contributed by atoms with E-state index in [-0.39, 0.29) is 11.3 Å². The fourth-order valence-electron chi connectivity index (χ4n) is 1.79. The predicted molar refractivity (Wildman–Crippen MR) is 75.0 cm³/mol. The average Bonchev–Trinajstić information content (AvgIpc) is 2.43. The van der Waals surface area contributed by atoms with E-state index in [1.165, 1.54) is 17.8 Å². The summed E-state index contributed by atoms with van der Waals surface area (Å²) in [4.78, 5) is 0.291. The summed E-state index contributed by atoms with van der Waals surface area (Å²) >= 11 is 1.25. The SMILES string of the molecule is CC(Sc1cc(F)ccc1F)C(N)c1ccccc1. The van der Waals surface area contributed by atoms with Crippen LogP contribution in [0.3, 0.4) is 0 Å². The molecule has 2 unspecified atom stereocenters. The first-order valence-electron chi connectivity index (χ1n) is 6.00. The molecular formula is C15H15F2NS. The summed E-state index contributed by atoms with van der Waals surface area (Å²) in [5.41, 5.74) is 7.12. The van der Waals surface area contributed by atoms with Crippen molar-refractivity contribution in [3.63, 3.8) is 0 Å². The maximum absolute atomic E-state index is 13.6. The van der Waals surface area contributed by atoms with Crippen molar-refractivity contribution in [3.05, 3.63) is 65.7 Å². The van der Waals surface area contributed by atoms with E-state index in [9.17, 15) is 8.78 Å². The molecule has 0 heterocycles. The highest BCUT2D eigenvalue weighted by Gasteiger charge is 2.17. The van der Waals surface area contributed by atoms with Crippen LogP contribution >= 0.6 is 11.8 Å². The molecule has 19 heavy (non-hydrogen) atoms. The number of rotatable bonds is 4. The van der Waals surface area contributed by atoms with Gasteiger partial charge < -0.3 is 5.73 Å². The second kappa shape index (κ2) is 6.17. The van der Waals surface area contributed by atoms with Crippen molar-refractivity contribution >= 4 is 11.8 Å². The molecule has 2 rings (SSSR count). The van der Waals surface area contributed by atoms with Crippen LogP contribution in [-0.2, 0) is 0 Å². The second-order valence-corrected chi connectivity index (χ2v) is 5.75. The summed E-state index contributed by atoms with van der Waals surface area (Å²) < 4.78 is 26.7. The summed E-state index contributed by atoms with van der Waals surface area (Å²) in [6, 6.07) is 12.8. The molecule has 2 aromatic carbocycles. The van der Waals surface area contributed by atoms with Crippen LogP contribution < -0.4 is 5.73 Å². The molecular weight excluding hydrogens is 264 g/mol. The first-order valence-corrected chi connectivity index (χ1v) is 6.88. The monoisotopic (exact) mass is 279 g/mol. The van der Waals surface area contributed by atoms with Gasteiger partial charge >= 0.3 is 0 Å². The minimum absolute atomic E-state index is 0.0568. The van der Waals surface area contributed by atoms with E-state index in [0.717, 1.165) is 17.7 Å². The Kier molecular flexibility index (Phi) is 4.56. The van der Waals surface area contributed by atoms with Gasteiger partial charge in [0, 0.05) is 16.2 Å². The van der Waals surface area contributed by atoms with E-state index in [1.807, 2.05) is 37.3 Å². The molecule has 2 N–H and O–H groups in total. The first kappa shape index (κ1) is 14.0. The normalized spacial score (nSPS) is 14.1. The van der Waals surface area contributed by atoms with Gasteiger partial charge in [-0.25, -0.2) is 8.78 Å². The molecule has 0 amide bonds. The zero-order valence-corrected chi connectivity index (χ0v) is 11.3. The Morgan fingerprint density at radius 2 is 1.74 bits per heavy atom. The molecule has 0 radical (unpaired) electrons. The molecule has 0 spiro atoms. The van der Waals surface area contributed by atoms with Crippen molar-refractivity contribution in [3.8, 4) is 0 Å². The van der Waals surface area contributed by atoms with E-state index >= 15 is 0 Å². The van der Waals surface area contributed by atoms with Gasteiger partial charge in [0.25, 0.3) is 0 Å². The molecule has 2 aromatic rings. The minimum atomic E-state index is -0.440. The second-order valence-electron chi connectivity index (χ2n) is 4.33. The lowest BCUT2D eigenvalue weighted by Crippen LogP contribution is -2.21. The highest BCUT2D eigenvalue weighted by atomic mass is 32.2. The van der Waals surface area contributed by atoms with Crippen LogP contribution in [0.4, 0.5) is 8.78 Å². The third kappa shape index (κ3) is 3.55. The van der Waals surface area contributed by atoms with Gasteiger partial charge in [-0.2, -0.15) is 0 Å². The van der Waals surface area contributed by atoms with Crippen LogP contribution in [-0.4, -0.2) is 5.25 Å². The Labute approximate surface area is 115 Å². The quantitative estimate of drug-likeness (QED) is 0.851. The van der Waals surface area contributed by atoms with Crippen LogP contribution in [0.25, 0.3) is 0 Å². The standard InChI is InChI=1S/C15H15F2NS/c1-10(15(18)11-5-3-2-4-6-11)19-14-9-12(16)7-8-13(14)17/h2-10,15H,18H2,1H3. The van der Waals surface area contributed by atoms with Gasteiger partial charge in [-0.05, 0) is 23.8 Å². The maximum atomic E-state index is 13.6. The summed E-state index contributed by atoms with van der Waals surface area (Å²) in [5.74, 6) is -0.858. The van der Waals surface area contributed by atoms with Crippen LogP contribution in [0, 0.1) is 11.6 Å². The Hall–Kier alpha value is -1.39. The molecule has 0 aliphatic rings. The number of thioether (sulfide) groups is 1. The molecule has 0 aliphatic carbocycles. The third-order valence-electron chi connectivity index (χ3n) is 2.90. The van der Waals surface area contributed by atoms with Gasteiger partial charge in [-0.1, -0.05) is 37.3 Å². The smallest absolute Gasteiger partial charge is 0.136 e. The number of hydrogen-bond acceptors (Lipinski definition) is 2. The lowest BCUT2D eigenvalue weighted by atomic mass is 10.1. The maximum Gasteiger partial charge on any atom is 0.136 e. The van der Waals surface area contributed by atoms with E-state index in [0.29, 0.717) is 4.90 Å². The lowest BCUT2D eigenvalue weighted by Gasteiger charge is -2.20. The van der Waals surface area contributed by atoms with Crippen molar-refractivity contribution in [2.75, 3.05) is 0 Å². The summed E-state index contributed by atoms with van der Waals surface area (Å²) in [6.07, 6.45) is 0. The van der Waals surface area contributed by atoms with Crippen molar-refractivity contribution in [2.45, 2.75) is 23.1 Å². The Morgan fingerprint density at radius 1 is 1.05 bits per heavy atom. The van der Waals surface area contributed by atoms with Gasteiger partial charge in [0.05, 0.1) is 0 Å². The van der Waals surface area contributed by atoms with Crippen LogP contribution in [0.1, 0.15) is 18.5 Å². The van der Waals surface area contributed by atoms with Crippen molar-refractivity contribution in [1.82, 2.24) is 0 Å². The highest BCUT2D eigenvalue weighted by Crippen LogP contribution is 2.32. The van der Waals surface area contributed by atoms with Gasteiger partial charge in [0.1, 0.15) is 11.6 Å². The van der Waals surface area contributed by atoms with Crippen molar-refractivity contribution < 1.29 is 8.78 Å². The molecule has 0 fully saturated rings. The summed E-state index contributed by atoms with van der Waals surface area (Å²) in [6.45, 7) is 1.91. The summed E-state index contributed by atoms with van der Waals surface area (Å²) in [5, 5.41) is -0.0568. The van der Waals surface area contributed by atoms with Gasteiger partial charge in [-0.15, -0.1) is 11.8 Å². The third-order valence-corrected chi connectivity index (χ3v) is 4.13. The highest BCUT2D eigenvalue weighted by molar-refractivity contribution is 8.00. The molecule has 0 bridgehead atoms. The Morgan fingerprint density at radius 3 is 2.42 bits per heavy atom. The van der Waals surface area contributed by atoms with Crippen LogP contribution in [0.5, 0.6) is 0 Å². The minimum Gasteiger partial charge on any atom is -0.323 e.